The lowest BCUT2D eigenvalue weighted by Gasteiger charge is -2.21. The summed E-state index contributed by atoms with van der Waals surface area (Å²) < 4.78 is 5.48. The number of ether oxygens (including phenoxy) is 1. The van der Waals surface area contributed by atoms with Crippen molar-refractivity contribution in [3.05, 3.63) is 42.1 Å². The second kappa shape index (κ2) is 5.04. The van der Waals surface area contributed by atoms with Crippen LogP contribution in [0.4, 0.5) is 0 Å². The predicted octanol–water partition coefficient (Wildman–Crippen LogP) is 2.53. The van der Waals surface area contributed by atoms with Gasteiger partial charge in [-0.1, -0.05) is 24.3 Å². The van der Waals surface area contributed by atoms with Crippen LogP contribution in [0.1, 0.15) is 18.2 Å². The molecule has 1 aromatic heterocycles. The minimum Gasteiger partial charge on any atom is -0.381 e. The Morgan fingerprint density at radius 3 is 2.94 bits per heavy atom. The average molecular weight is 242 g/mol. The fraction of sp³-hybridized carbons (Fsp3) is 0.400. The van der Waals surface area contributed by atoms with E-state index in [1.54, 1.807) is 0 Å². The van der Waals surface area contributed by atoms with Crippen molar-refractivity contribution in [2.24, 2.45) is 5.92 Å². The fourth-order valence-corrected chi connectivity index (χ4v) is 2.70. The number of hydrogen-bond donors (Lipinski definition) is 1. The monoisotopic (exact) mass is 242 g/mol. The number of nitrogens with one attached hydrogen (secondary N) is 1. The number of pyridine rings is 1. The predicted molar refractivity (Wildman–Crippen MR) is 72.5 cm³/mol. The summed E-state index contributed by atoms with van der Waals surface area (Å²) in [5, 5.41) is 4.58. The summed E-state index contributed by atoms with van der Waals surface area (Å²) in [5.74, 6) is 0.531. The summed E-state index contributed by atoms with van der Waals surface area (Å²) >= 11 is 0. The SMILES string of the molecule is CNC(c1ccc2ccccc2n1)C1CCOC1. The third-order valence-electron chi connectivity index (χ3n) is 3.69. The first-order valence-electron chi connectivity index (χ1n) is 6.49. The highest BCUT2D eigenvalue weighted by molar-refractivity contribution is 5.78. The van der Waals surface area contributed by atoms with Gasteiger partial charge >= 0.3 is 0 Å². The van der Waals surface area contributed by atoms with Crippen molar-refractivity contribution in [2.75, 3.05) is 20.3 Å². The number of para-hydroxylation sites is 1. The largest absolute Gasteiger partial charge is 0.381 e. The molecule has 1 aliphatic rings. The topological polar surface area (TPSA) is 34.2 Å². The van der Waals surface area contributed by atoms with Crippen molar-refractivity contribution in [3.63, 3.8) is 0 Å². The van der Waals surface area contributed by atoms with Crippen LogP contribution in [0.2, 0.25) is 0 Å². The molecule has 0 amide bonds. The van der Waals surface area contributed by atoms with E-state index in [-0.39, 0.29) is 6.04 Å². The van der Waals surface area contributed by atoms with Crippen LogP contribution >= 0.6 is 0 Å². The molecule has 0 radical (unpaired) electrons. The number of benzene rings is 1. The Morgan fingerprint density at radius 1 is 1.28 bits per heavy atom. The van der Waals surface area contributed by atoms with Gasteiger partial charge in [-0.05, 0) is 25.6 Å². The number of hydrogen-bond acceptors (Lipinski definition) is 3. The minimum absolute atomic E-state index is 0.289. The Morgan fingerprint density at radius 2 is 2.17 bits per heavy atom. The van der Waals surface area contributed by atoms with Crippen molar-refractivity contribution < 1.29 is 4.74 Å². The van der Waals surface area contributed by atoms with Gasteiger partial charge in [-0.3, -0.25) is 4.98 Å². The molecule has 2 unspecified atom stereocenters. The highest BCUT2D eigenvalue weighted by Gasteiger charge is 2.26. The molecule has 1 aromatic carbocycles. The van der Waals surface area contributed by atoms with Gasteiger partial charge in [0.05, 0.1) is 23.9 Å². The molecule has 1 fully saturated rings. The van der Waals surface area contributed by atoms with E-state index < -0.39 is 0 Å². The molecule has 18 heavy (non-hydrogen) atoms. The molecule has 1 saturated heterocycles. The van der Waals surface area contributed by atoms with E-state index in [0.29, 0.717) is 5.92 Å². The van der Waals surface area contributed by atoms with Gasteiger partial charge < -0.3 is 10.1 Å². The Labute approximate surface area is 107 Å². The number of nitrogens with zero attached hydrogens (tertiary/aromatic N) is 1. The third-order valence-corrected chi connectivity index (χ3v) is 3.69. The lowest BCUT2D eigenvalue weighted by molar-refractivity contribution is 0.177. The van der Waals surface area contributed by atoms with Crippen molar-refractivity contribution >= 4 is 10.9 Å². The summed E-state index contributed by atoms with van der Waals surface area (Å²) in [4.78, 5) is 4.77. The van der Waals surface area contributed by atoms with Gasteiger partial charge in [0.25, 0.3) is 0 Å². The molecule has 2 aromatic rings. The molecule has 94 valence electrons. The van der Waals surface area contributed by atoms with Crippen molar-refractivity contribution in [1.82, 2.24) is 10.3 Å². The summed E-state index contributed by atoms with van der Waals surface area (Å²) in [7, 11) is 2.00. The Bertz CT molecular complexity index is 535. The van der Waals surface area contributed by atoms with Crippen LogP contribution in [0, 0.1) is 5.92 Å². The first-order valence-corrected chi connectivity index (χ1v) is 6.49. The van der Waals surface area contributed by atoms with E-state index in [1.165, 1.54) is 5.39 Å². The van der Waals surface area contributed by atoms with E-state index in [1.807, 2.05) is 19.2 Å². The Kier molecular flexibility index (Phi) is 3.26. The van der Waals surface area contributed by atoms with Gasteiger partial charge in [0.15, 0.2) is 0 Å². The second-order valence-corrected chi connectivity index (χ2v) is 4.82. The van der Waals surface area contributed by atoms with Gasteiger partial charge in [-0.15, -0.1) is 0 Å². The second-order valence-electron chi connectivity index (χ2n) is 4.82. The van der Waals surface area contributed by atoms with E-state index in [0.717, 1.165) is 30.8 Å². The number of aromatic nitrogens is 1. The van der Waals surface area contributed by atoms with Crippen LogP contribution in [0.15, 0.2) is 36.4 Å². The van der Waals surface area contributed by atoms with E-state index in [2.05, 4.69) is 29.6 Å². The average Bonchev–Trinajstić information content (AvgIpc) is 2.93. The standard InChI is InChI=1S/C15H18N2O/c1-16-15(12-8-9-18-10-12)14-7-6-11-4-2-3-5-13(11)17-14/h2-7,12,15-16H,8-10H2,1H3. The molecule has 3 nitrogen and oxygen atoms in total. The van der Waals surface area contributed by atoms with Gasteiger partial charge in [-0.2, -0.15) is 0 Å². The molecule has 1 N–H and O–H groups in total. The molecule has 2 atom stereocenters. The maximum absolute atomic E-state index is 5.48. The molecule has 3 rings (SSSR count). The number of rotatable bonds is 3. The molecule has 2 heterocycles. The lowest BCUT2D eigenvalue weighted by atomic mass is 9.95. The van der Waals surface area contributed by atoms with Crippen LogP contribution in [-0.4, -0.2) is 25.2 Å². The summed E-state index contributed by atoms with van der Waals surface area (Å²) in [6, 6.07) is 12.8. The summed E-state index contributed by atoms with van der Waals surface area (Å²) in [6.07, 6.45) is 1.11. The molecule has 0 spiro atoms. The number of fused-ring (bicyclic) bond motifs is 1. The zero-order chi connectivity index (χ0) is 12.4. The molecule has 0 bridgehead atoms. The molecular weight excluding hydrogens is 224 g/mol. The van der Waals surface area contributed by atoms with Crippen molar-refractivity contribution in [2.45, 2.75) is 12.5 Å². The fourth-order valence-electron chi connectivity index (χ4n) is 2.70. The van der Waals surface area contributed by atoms with Gasteiger partial charge in [0.1, 0.15) is 0 Å². The quantitative estimate of drug-likeness (QED) is 0.898. The molecule has 3 heteroatoms. The normalized spacial score (nSPS) is 21.3. The van der Waals surface area contributed by atoms with E-state index >= 15 is 0 Å². The van der Waals surface area contributed by atoms with Crippen LogP contribution < -0.4 is 5.32 Å². The van der Waals surface area contributed by atoms with E-state index in [4.69, 9.17) is 9.72 Å². The summed E-state index contributed by atoms with van der Waals surface area (Å²) in [6.45, 7) is 1.70. The maximum Gasteiger partial charge on any atom is 0.0706 e. The smallest absolute Gasteiger partial charge is 0.0706 e. The van der Waals surface area contributed by atoms with Crippen LogP contribution in [-0.2, 0) is 4.74 Å². The summed E-state index contributed by atoms with van der Waals surface area (Å²) in [5.41, 5.74) is 2.18. The third kappa shape index (κ3) is 2.11. The Hall–Kier alpha value is -1.45. The first-order chi connectivity index (χ1) is 8.88. The van der Waals surface area contributed by atoms with Gasteiger partial charge in [0.2, 0.25) is 0 Å². The van der Waals surface area contributed by atoms with E-state index in [9.17, 15) is 0 Å². The first kappa shape index (κ1) is 11.6. The zero-order valence-corrected chi connectivity index (χ0v) is 10.6. The zero-order valence-electron chi connectivity index (χ0n) is 10.6. The van der Waals surface area contributed by atoms with Crippen LogP contribution in [0.3, 0.4) is 0 Å². The maximum atomic E-state index is 5.48. The highest BCUT2D eigenvalue weighted by Crippen LogP contribution is 2.28. The molecule has 0 saturated carbocycles. The Balaban J connectivity index is 1.96. The molecular formula is C15H18N2O. The van der Waals surface area contributed by atoms with Gasteiger partial charge in [0, 0.05) is 17.9 Å². The highest BCUT2D eigenvalue weighted by atomic mass is 16.5. The van der Waals surface area contributed by atoms with Crippen LogP contribution in [0.5, 0.6) is 0 Å². The van der Waals surface area contributed by atoms with Crippen molar-refractivity contribution in [1.29, 1.82) is 0 Å². The van der Waals surface area contributed by atoms with Crippen molar-refractivity contribution in [3.8, 4) is 0 Å². The van der Waals surface area contributed by atoms with Gasteiger partial charge in [-0.25, -0.2) is 0 Å². The molecule has 1 aliphatic heterocycles. The minimum atomic E-state index is 0.289. The van der Waals surface area contributed by atoms with Crippen LogP contribution in [0.25, 0.3) is 10.9 Å². The molecule has 0 aliphatic carbocycles. The lowest BCUT2D eigenvalue weighted by Crippen LogP contribution is -2.26.